The molecule has 0 atom stereocenters. The zero-order chi connectivity index (χ0) is 23.2. The minimum Gasteiger partial charge on any atom is -0.497 e. The highest BCUT2D eigenvalue weighted by Gasteiger charge is 2.22. The average molecular weight is 468 g/mol. The van der Waals surface area contributed by atoms with E-state index in [1.807, 2.05) is 40.6 Å². The summed E-state index contributed by atoms with van der Waals surface area (Å²) in [7, 11) is 4.90. The maximum Gasteiger partial charge on any atom is 0.228 e. The van der Waals surface area contributed by atoms with Crippen molar-refractivity contribution in [2.24, 2.45) is 0 Å². The van der Waals surface area contributed by atoms with Gasteiger partial charge in [0.15, 0.2) is 11.5 Å². The fourth-order valence-electron chi connectivity index (χ4n) is 3.90. The molecule has 7 nitrogen and oxygen atoms in total. The minimum absolute atomic E-state index is 0.128. The molecule has 1 fully saturated rings. The van der Waals surface area contributed by atoms with E-state index in [0.717, 1.165) is 54.7 Å². The van der Waals surface area contributed by atoms with E-state index < -0.39 is 0 Å². The van der Waals surface area contributed by atoms with Gasteiger partial charge in [0.25, 0.3) is 0 Å². The molecule has 1 saturated heterocycles. The summed E-state index contributed by atoms with van der Waals surface area (Å²) in [6.07, 6.45) is 0.322. The topological polar surface area (TPSA) is 64.1 Å². The third kappa shape index (κ3) is 5.64. The van der Waals surface area contributed by atoms with Crippen LogP contribution in [0.25, 0.3) is 10.6 Å². The Morgan fingerprint density at radius 1 is 0.939 bits per heavy atom. The molecule has 0 radical (unpaired) electrons. The first-order chi connectivity index (χ1) is 16.1. The summed E-state index contributed by atoms with van der Waals surface area (Å²) in [4.78, 5) is 21.9. The standard InChI is InChI=1S/C25H29N3O4S/c1-30-21-7-4-18(5-8-21)16-27-10-12-28(13-11-27)24(29)15-20-17-33-25(26-20)19-6-9-22(31-2)23(14-19)32-3/h4-9,14,17H,10-13,15-16H2,1-3H3. The predicted molar refractivity (Wildman–Crippen MR) is 129 cm³/mol. The number of hydrogen-bond acceptors (Lipinski definition) is 7. The second-order valence-electron chi connectivity index (χ2n) is 7.90. The molecule has 4 rings (SSSR count). The van der Waals surface area contributed by atoms with Crippen LogP contribution < -0.4 is 14.2 Å². The molecule has 2 heterocycles. The van der Waals surface area contributed by atoms with Crippen molar-refractivity contribution in [1.82, 2.24) is 14.8 Å². The van der Waals surface area contributed by atoms with Gasteiger partial charge >= 0.3 is 0 Å². The maximum absolute atomic E-state index is 12.9. The molecule has 0 unspecified atom stereocenters. The summed E-state index contributed by atoms with van der Waals surface area (Å²) in [5.41, 5.74) is 3.00. The van der Waals surface area contributed by atoms with E-state index in [4.69, 9.17) is 14.2 Å². The van der Waals surface area contributed by atoms with Crippen molar-refractivity contribution in [3.8, 4) is 27.8 Å². The van der Waals surface area contributed by atoms with Gasteiger partial charge in [-0.25, -0.2) is 4.98 Å². The molecular formula is C25H29N3O4S. The van der Waals surface area contributed by atoms with Gasteiger partial charge in [0.1, 0.15) is 10.8 Å². The molecule has 0 N–H and O–H groups in total. The number of hydrogen-bond donors (Lipinski definition) is 0. The first-order valence-electron chi connectivity index (χ1n) is 10.9. The van der Waals surface area contributed by atoms with Gasteiger partial charge in [0.05, 0.1) is 33.4 Å². The number of carbonyl (C=O) groups excluding carboxylic acids is 1. The highest BCUT2D eigenvalue weighted by atomic mass is 32.1. The van der Waals surface area contributed by atoms with Gasteiger partial charge < -0.3 is 19.1 Å². The molecule has 174 valence electrons. The lowest BCUT2D eigenvalue weighted by atomic mass is 10.2. The van der Waals surface area contributed by atoms with Crippen LogP contribution in [0.3, 0.4) is 0 Å². The lowest BCUT2D eigenvalue weighted by Gasteiger charge is -2.34. The van der Waals surface area contributed by atoms with E-state index in [2.05, 4.69) is 22.0 Å². The van der Waals surface area contributed by atoms with E-state index in [1.54, 1.807) is 21.3 Å². The Morgan fingerprint density at radius 2 is 1.67 bits per heavy atom. The molecule has 2 aromatic carbocycles. The number of rotatable bonds is 8. The monoisotopic (exact) mass is 467 g/mol. The number of carbonyl (C=O) groups is 1. The van der Waals surface area contributed by atoms with Gasteiger partial charge in [-0.05, 0) is 35.9 Å². The van der Waals surface area contributed by atoms with Crippen LogP contribution in [0.15, 0.2) is 47.8 Å². The normalized spacial score (nSPS) is 14.2. The number of methoxy groups -OCH3 is 3. The molecule has 8 heteroatoms. The van der Waals surface area contributed by atoms with Crippen LogP contribution in [0.4, 0.5) is 0 Å². The molecular weight excluding hydrogens is 438 g/mol. The van der Waals surface area contributed by atoms with Crippen molar-refractivity contribution in [2.75, 3.05) is 47.5 Å². The Labute approximate surface area is 198 Å². The van der Waals surface area contributed by atoms with E-state index in [-0.39, 0.29) is 5.91 Å². The van der Waals surface area contributed by atoms with E-state index in [1.165, 1.54) is 16.9 Å². The minimum atomic E-state index is 0.128. The van der Waals surface area contributed by atoms with Gasteiger partial charge in [0, 0.05) is 43.7 Å². The van der Waals surface area contributed by atoms with Gasteiger partial charge in [-0.3, -0.25) is 9.69 Å². The first kappa shape index (κ1) is 23.1. The molecule has 1 aromatic heterocycles. The molecule has 1 amide bonds. The zero-order valence-electron chi connectivity index (χ0n) is 19.2. The van der Waals surface area contributed by atoms with Crippen LogP contribution >= 0.6 is 11.3 Å². The Bertz CT molecular complexity index is 1080. The number of thiazole rings is 1. The third-order valence-electron chi connectivity index (χ3n) is 5.80. The third-order valence-corrected chi connectivity index (χ3v) is 6.74. The largest absolute Gasteiger partial charge is 0.497 e. The lowest BCUT2D eigenvalue weighted by Crippen LogP contribution is -2.48. The summed E-state index contributed by atoms with van der Waals surface area (Å²) in [6, 6.07) is 13.9. The van der Waals surface area contributed by atoms with Crippen molar-refractivity contribution >= 4 is 17.2 Å². The fourth-order valence-corrected chi connectivity index (χ4v) is 4.72. The smallest absolute Gasteiger partial charge is 0.228 e. The summed E-state index contributed by atoms with van der Waals surface area (Å²) in [5, 5.41) is 2.83. The highest BCUT2D eigenvalue weighted by molar-refractivity contribution is 7.13. The number of nitrogens with zero attached hydrogens (tertiary/aromatic N) is 3. The number of amides is 1. The molecule has 0 saturated carbocycles. The van der Waals surface area contributed by atoms with Gasteiger partial charge in [-0.15, -0.1) is 11.3 Å². The Balaban J connectivity index is 1.30. The fraction of sp³-hybridized carbons (Fsp3) is 0.360. The predicted octanol–water partition coefficient (Wildman–Crippen LogP) is 3.72. The van der Waals surface area contributed by atoms with Gasteiger partial charge in [-0.1, -0.05) is 12.1 Å². The first-order valence-corrected chi connectivity index (χ1v) is 11.8. The number of ether oxygens (including phenoxy) is 3. The molecule has 1 aliphatic rings. The van der Waals surface area contributed by atoms with Crippen LogP contribution in [0.1, 0.15) is 11.3 Å². The SMILES string of the molecule is COc1ccc(CN2CCN(C(=O)Cc3csc(-c4ccc(OC)c(OC)c4)n3)CC2)cc1. The summed E-state index contributed by atoms with van der Waals surface area (Å²) in [5.74, 6) is 2.34. The molecule has 0 bridgehead atoms. The molecule has 1 aliphatic heterocycles. The lowest BCUT2D eigenvalue weighted by molar-refractivity contribution is -0.132. The van der Waals surface area contributed by atoms with Crippen molar-refractivity contribution in [2.45, 2.75) is 13.0 Å². The van der Waals surface area contributed by atoms with Crippen LogP contribution in [-0.4, -0.2) is 68.2 Å². The average Bonchev–Trinajstić information content (AvgIpc) is 3.33. The highest BCUT2D eigenvalue weighted by Crippen LogP contribution is 2.33. The number of benzene rings is 2. The van der Waals surface area contributed by atoms with Gasteiger partial charge in [0.2, 0.25) is 5.91 Å². The van der Waals surface area contributed by atoms with Gasteiger partial charge in [-0.2, -0.15) is 0 Å². The van der Waals surface area contributed by atoms with Crippen molar-refractivity contribution in [3.63, 3.8) is 0 Å². The van der Waals surface area contributed by atoms with Crippen LogP contribution in [0, 0.1) is 0 Å². The Morgan fingerprint density at radius 3 is 2.33 bits per heavy atom. The van der Waals surface area contributed by atoms with Crippen LogP contribution in [0.2, 0.25) is 0 Å². The number of piperazine rings is 1. The molecule has 3 aromatic rings. The Kier molecular flexibility index (Phi) is 7.47. The molecule has 0 aliphatic carbocycles. The van der Waals surface area contributed by atoms with Crippen LogP contribution in [0.5, 0.6) is 17.2 Å². The van der Waals surface area contributed by atoms with Crippen molar-refractivity contribution < 1.29 is 19.0 Å². The summed E-state index contributed by atoms with van der Waals surface area (Å²) < 4.78 is 15.9. The van der Waals surface area contributed by atoms with Crippen molar-refractivity contribution in [3.05, 3.63) is 59.1 Å². The van der Waals surface area contributed by atoms with Crippen molar-refractivity contribution in [1.29, 1.82) is 0 Å². The second kappa shape index (κ2) is 10.7. The van der Waals surface area contributed by atoms with E-state index in [9.17, 15) is 4.79 Å². The van der Waals surface area contributed by atoms with E-state index >= 15 is 0 Å². The Hall–Kier alpha value is -3.10. The molecule has 0 spiro atoms. The van der Waals surface area contributed by atoms with Crippen LogP contribution in [-0.2, 0) is 17.8 Å². The number of aromatic nitrogens is 1. The van der Waals surface area contributed by atoms with E-state index in [0.29, 0.717) is 17.9 Å². The quantitative estimate of drug-likeness (QED) is 0.503. The maximum atomic E-state index is 12.9. The second-order valence-corrected chi connectivity index (χ2v) is 8.75. The zero-order valence-corrected chi connectivity index (χ0v) is 20.1. The summed E-state index contributed by atoms with van der Waals surface area (Å²) in [6.45, 7) is 4.09. The molecule has 33 heavy (non-hydrogen) atoms. The summed E-state index contributed by atoms with van der Waals surface area (Å²) >= 11 is 1.53.